The summed E-state index contributed by atoms with van der Waals surface area (Å²) in [6.07, 6.45) is 1.22. The van der Waals surface area contributed by atoms with Gasteiger partial charge in [0, 0.05) is 0 Å². The largest absolute Gasteiger partial charge is 0.480 e. The maximum atomic E-state index is 11.2. The second-order valence-electron chi connectivity index (χ2n) is 2.33. The van der Waals surface area contributed by atoms with E-state index in [4.69, 9.17) is 10.2 Å². The lowest BCUT2D eigenvalue weighted by Crippen LogP contribution is -2.43. The molecule has 0 aliphatic heterocycles. The number of hydrogen-bond donors (Lipinski definition) is 3. The number of aliphatic carboxylic acids is 1. The van der Waals surface area contributed by atoms with Crippen LogP contribution in [0.1, 0.15) is 9.67 Å². The molecule has 0 bridgehead atoms. The van der Waals surface area contributed by atoms with Crippen LogP contribution < -0.4 is 5.32 Å². The van der Waals surface area contributed by atoms with Gasteiger partial charge in [-0.25, -0.2) is 4.79 Å². The van der Waals surface area contributed by atoms with Crippen LogP contribution in [-0.2, 0) is 4.79 Å². The van der Waals surface area contributed by atoms with E-state index in [-0.39, 0.29) is 4.88 Å². The van der Waals surface area contributed by atoms with Crippen LogP contribution in [0.3, 0.4) is 0 Å². The summed E-state index contributed by atoms with van der Waals surface area (Å²) in [5.41, 5.74) is 0. The van der Waals surface area contributed by atoms with Gasteiger partial charge in [0.2, 0.25) is 0 Å². The van der Waals surface area contributed by atoms with Gasteiger partial charge in [-0.1, -0.05) is 4.49 Å². The number of aliphatic hydroxyl groups is 1. The molecule has 76 valence electrons. The highest BCUT2D eigenvalue weighted by atomic mass is 32.1. The molecular formula is C6H7N3O4S. The van der Waals surface area contributed by atoms with Crippen molar-refractivity contribution in [2.24, 2.45) is 0 Å². The van der Waals surface area contributed by atoms with Crippen LogP contribution >= 0.6 is 11.5 Å². The fourth-order valence-corrected chi connectivity index (χ4v) is 1.10. The Kier molecular flexibility index (Phi) is 3.48. The maximum absolute atomic E-state index is 11.2. The van der Waals surface area contributed by atoms with E-state index in [0.29, 0.717) is 0 Å². The summed E-state index contributed by atoms with van der Waals surface area (Å²) in [6.45, 7) is -0.659. The van der Waals surface area contributed by atoms with E-state index in [1.54, 1.807) is 0 Å². The van der Waals surface area contributed by atoms with Crippen molar-refractivity contribution in [2.45, 2.75) is 6.04 Å². The first kappa shape index (κ1) is 10.5. The number of rotatable bonds is 4. The Morgan fingerprint density at radius 3 is 2.79 bits per heavy atom. The second kappa shape index (κ2) is 4.63. The van der Waals surface area contributed by atoms with E-state index in [0.717, 1.165) is 11.5 Å². The highest BCUT2D eigenvalue weighted by Gasteiger charge is 2.20. The highest BCUT2D eigenvalue weighted by Crippen LogP contribution is 2.01. The Morgan fingerprint density at radius 2 is 2.36 bits per heavy atom. The number of carboxylic acid groups (broad SMARTS) is 1. The van der Waals surface area contributed by atoms with Crippen molar-refractivity contribution in [1.29, 1.82) is 0 Å². The number of hydrogen-bond acceptors (Lipinski definition) is 6. The van der Waals surface area contributed by atoms with Gasteiger partial charge in [-0.15, -0.1) is 5.10 Å². The van der Waals surface area contributed by atoms with Crippen molar-refractivity contribution in [1.82, 2.24) is 14.9 Å². The SMILES string of the molecule is O=C(N[C@@H](CO)C(=O)O)c1cnns1. The van der Waals surface area contributed by atoms with Crippen LogP contribution in [0.25, 0.3) is 0 Å². The molecule has 1 amide bonds. The summed E-state index contributed by atoms with van der Waals surface area (Å²) in [7, 11) is 0. The molecule has 14 heavy (non-hydrogen) atoms. The quantitative estimate of drug-likeness (QED) is 0.578. The van der Waals surface area contributed by atoms with Crippen LogP contribution in [0, 0.1) is 0 Å². The number of aromatic nitrogens is 2. The molecule has 0 spiro atoms. The van der Waals surface area contributed by atoms with E-state index < -0.39 is 24.5 Å². The number of carbonyl (C=O) groups excluding carboxylic acids is 1. The van der Waals surface area contributed by atoms with Crippen molar-refractivity contribution in [3.05, 3.63) is 11.1 Å². The zero-order chi connectivity index (χ0) is 10.6. The summed E-state index contributed by atoms with van der Waals surface area (Å²) in [4.78, 5) is 21.9. The summed E-state index contributed by atoms with van der Waals surface area (Å²) in [5.74, 6) is -1.90. The zero-order valence-electron chi connectivity index (χ0n) is 6.88. The molecule has 1 aromatic rings. The van der Waals surface area contributed by atoms with Crippen LogP contribution in [0.2, 0.25) is 0 Å². The van der Waals surface area contributed by atoms with Gasteiger partial charge in [-0.05, 0) is 11.5 Å². The first-order chi connectivity index (χ1) is 6.65. The molecular weight excluding hydrogens is 210 g/mol. The molecule has 8 heteroatoms. The molecule has 1 heterocycles. The Bertz CT molecular complexity index is 326. The van der Waals surface area contributed by atoms with Crippen LogP contribution in [0.4, 0.5) is 0 Å². The van der Waals surface area contributed by atoms with Crippen LogP contribution in [0.5, 0.6) is 0 Å². The average Bonchev–Trinajstić information content (AvgIpc) is 2.65. The lowest BCUT2D eigenvalue weighted by atomic mass is 10.3. The highest BCUT2D eigenvalue weighted by molar-refractivity contribution is 7.07. The topological polar surface area (TPSA) is 112 Å². The van der Waals surface area contributed by atoms with Crippen LogP contribution in [0.15, 0.2) is 6.20 Å². The minimum atomic E-state index is -1.30. The van der Waals surface area contributed by atoms with Gasteiger partial charge in [0.15, 0.2) is 6.04 Å². The lowest BCUT2D eigenvalue weighted by molar-refractivity contribution is -0.140. The Labute approximate surface area is 82.5 Å². The summed E-state index contributed by atoms with van der Waals surface area (Å²) in [5, 5.41) is 22.7. The van der Waals surface area contributed by atoms with Gasteiger partial charge in [-0.3, -0.25) is 4.79 Å². The molecule has 0 saturated heterocycles. The van der Waals surface area contributed by atoms with Crippen molar-refractivity contribution in [3.8, 4) is 0 Å². The number of carboxylic acids is 1. The summed E-state index contributed by atoms with van der Waals surface area (Å²) < 4.78 is 3.44. The Morgan fingerprint density at radius 1 is 1.64 bits per heavy atom. The van der Waals surface area contributed by atoms with Gasteiger partial charge < -0.3 is 15.5 Å². The van der Waals surface area contributed by atoms with Gasteiger partial charge in [0.1, 0.15) is 4.88 Å². The third kappa shape index (κ3) is 2.47. The van der Waals surface area contributed by atoms with Crippen molar-refractivity contribution in [2.75, 3.05) is 6.61 Å². The Balaban J connectivity index is 2.60. The zero-order valence-corrected chi connectivity index (χ0v) is 7.69. The second-order valence-corrected chi connectivity index (χ2v) is 3.11. The van der Waals surface area contributed by atoms with Crippen molar-refractivity contribution >= 4 is 23.4 Å². The molecule has 3 N–H and O–H groups in total. The predicted molar refractivity (Wildman–Crippen MR) is 45.9 cm³/mol. The average molecular weight is 217 g/mol. The summed E-state index contributed by atoms with van der Waals surface area (Å²) in [6, 6.07) is -1.30. The van der Waals surface area contributed by atoms with E-state index >= 15 is 0 Å². The molecule has 0 aliphatic rings. The van der Waals surface area contributed by atoms with Gasteiger partial charge >= 0.3 is 5.97 Å². The first-order valence-corrected chi connectivity index (χ1v) is 4.34. The van der Waals surface area contributed by atoms with Crippen molar-refractivity contribution in [3.63, 3.8) is 0 Å². The fourth-order valence-electron chi connectivity index (χ4n) is 0.682. The standard InChI is InChI=1S/C6H7N3O4S/c10-2-3(6(12)13)8-5(11)4-1-7-9-14-4/h1,3,10H,2H2,(H,8,11)(H,12,13)/t3-/m0/s1. The minimum absolute atomic E-state index is 0.199. The Hall–Kier alpha value is -1.54. The number of aliphatic hydroxyl groups excluding tert-OH is 1. The van der Waals surface area contributed by atoms with E-state index in [1.165, 1.54) is 6.20 Å². The van der Waals surface area contributed by atoms with Gasteiger partial charge in [-0.2, -0.15) is 0 Å². The first-order valence-electron chi connectivity index (χ1n) is 3.57. The summed E-state index contributed by atoms with van der Waals surface area (Å²) >= 11 is 0.847. The molecule has 1 rings (SSSR count). The number of nitrogens with zero attached hydrogens (tertiary/aromatic N) is 2. The van der Waals surface area contributed by atoms with Gasteiger partial charge in [0.25, 0.3) is 5.91 Å². The molecule has 0 unspecified atom stereocenters. The third-order valence-corrected chi connectivity index (χ3v) is 2.03. The van der Waals surface area contributed by atoms with Gasteiger partial charge in [0.05, 0.1) is 12.8 Å². The molecule has 0 aliphatic carbocycles. The maximum Gasteiger partial charge on any atom is 0.328 e. The number of nitrogens with one attached hydrogen (secondary N) is 1. The number of amides is 1. The van der Waals surface area contributed by atoms with Crippen LogP contribution in [-0.4, -0.2) is 44.3 Å². The molecule has 1 atom stereocenters. The van der Waals surface area contributed by atoms with E-state index in [2.05, 4.69) is 14.9 Å². The molecule has 0 saturated carbocycles. The van der Waals surface area contributed by atoms with E-state index in [9.17, 15) is 9.59 Å². The molecule has 0 fully saturated rings. The normalized spacial score (nSPS) is 12.1. The van der Waals surface area contributed by atoms with E-state index in [1.807, 2.05) is 0 Å². The monoisotopic (exact) mass is 217 g/mol. The van der Waals surface area contributed by atoms with Crippen molar-refractivity contribution < 1.29 is 19.8 Å². The molecule has 1 aromatic heterocycles. The molecule has 7 nitrogen and oxygen atoms in total. The third-order valence-electron chi connectivity index (χ3n) is 1.37. The smallest absolute Gasteiger partial charge is 0.328 e. The molecule has 0 radical (unpaired) electrons. The molecule has 0 aromatic carbocycles. The lowest BCUT2D eigenvalue weighted by Gasteiger charge is -2.09. The fraction of sp³-hybridized carbons (Fsp3) is 0.333. The minimum Gasteiger partial charge on any atom is -0.480 e. The predicted octanol–water partition coefficient (Wildman–Crippen LogP) is -1.29. The number of carbonyl (C=O) groups is 2.